The Balaban J connectivity index is 1.40. The monoisotopic (exact) mass is 391 g/mol. The third-order valence-corrected chi connectivity index (χ3v) is 5.06. The van der Waals surface area contributed by atoms with Gasteiger partial charge < -0.3 is 19.4 Å². The van der Waals surface area contributed by atoms with Crippen molar-refractivity contribution < 1.29 is 19.2 Å². The predicted molar refractivity (Wildman–Crippen MR) is 107 cm³/mol. The van der Waals surface area contributed by atoms with Crippen LogP contribution >= 0.6 is 0 Å². The fraction of sp³-hybridized carbons (Fsp3) is 0.227. The highest BCUT2D eigenvalue weighted by Crippen LogP contribution is 2.22. The first-order valence-electron chi connectivity index (χ1n) is 9.43. The van der Waals surface area contributed by atoms with Crippen LogP contribution in [0, 0.1) is 6.92 Å². The summed E-state index contributed by atoms with van der Waals surface area (Å²) in [7, 11) is 0. The zero-order chi connectivity index (χ0) is 20.4. The smallest absolute Gasteiger partial charge is 0.292 e. The SMILES string of the molecule is Cc1ccc(-c2cc(C(=O)N3CCN(C(=O)c4ccccc4O)CC3)on2)cc1. The fourth-order valence-electron chi connectivity index (χ4n) is 3.33. The number of benzene rings is 2. The highest BCUT2D eigenvalue weighted by atomic mass is 16.5. The van der Waals surface area contributed by atoms with E-state index in [-0.39, 0.29) is 28.9 Å². The van der Waals surface area contributed by atoms with Crippen LogP contribution in [0.2, 0.25) is 0 Å². The third kappa shape index (κ3) is 3.85. The van der Waals surface area contributed by atoms with Crippen molar-refractivity contribution in [2.24, 2.45) is 0 Å². The third-order valence-electron chi connectivity index (χ3n) is 5.06. The molecule has 148 valence electrons. The Morgan fingerprint density at radius 3 is 2.21 bits per heavy atom. The lowest BCUT2D eigenvalue weighted by molar-refractivity contribution is 0.0511. The van der Waals surface area contributed by atoms with Crippen molar-refractivity contribution in [2.45, 2.75) is 6.92 Å². The van der Waals surface area contributed by atoms with Gasteiger partial charge in [0.2, 0.25) is 5.76 Å². The Labute approximate surface area is 168 Å². The van der Waals surface area contributed by atoms with Crippen LogP contribution in [0.3, 0.4) is 0 Å². The first kappa shape index (κ1) is 18.7. The average Bonchev–Trinajstić information content (AvgIpc) is 3.24. The van der Waals surface area contributed by atoms with Crippen molar-refractivity contribution in [3.05, 3.63) is 71.5 Å². The predicted octanol–water partition coefficient (Wildman–Crippen LogP) is 2.95. The molecule has 0 atom stereocenters. The van der Waals surface area contributed by atoms with Crippen LogP contribution in [0.25, 0.3) is 11.3 Å². The van der Waals surface area contributed by atoms with Gasteiger partial charge in [-0.15, -0.1) is 0 Å². The normalized spacial score (nSPS) is 14.1. The number of phenolic OH excluding ortho intramolecular Hbond substituents is 1. The first-order valence-corrected chi connectivity index (χ1v) is 9.43. The quantitative estimate of drug-likeness (QED) is 0.742. The molecule has 2 amide bonds. The lowest BCUT2D eigenvalue weighted by Gasteiger charge is -2.34. The van der Waals surface area contributed by atoms with Crippen molar-refractivity contribution in [3.8, 4) is 17.0 Å². The van der Waals surface area contributed by atoms with Crippen molar-refractivity contribution in [2.75, 3.05) is 26.2 Å². The van der Waals surface area contributed by atoms with Crippen LogP contribution in [0.4, 0.5) is 0 Å². The Morgan fingerprint density at radius 1 is 0.931 bits per heavy atom. The number of aromatic nitrogens is 1. The van der Waals surface area contributed by atoms with Crippen LogP contribution < -0.4 is 0 Å². The summed E-state index contributed by atoms with van der Waals surface area (Å²) in [5.74, 6) is -0.343. The molecule has 0 saturated carbocycles. The second-order valence-electron chi connectivity index (χ2n) is 7.04. The van der Waals surface area contributed by atoms with Gasteiger partial charge in [-0.1, -0.05) is 47.1 Å². The molecule has 4 rings (SSSR count). The molecule has 1 aliphatic heterocycles. The van der Waals surface area contributed by atoms with Gasteiger partial charge in [0.15, 0.2) is 0 Å². The van der Waals surface area contributed by atoms with Crippen LogP contribution in [0.5, 0.6) is 5.75 Å². The Kier molecular flexibility index (Phi) is 5.03. The summed E-state index contributed by atoms with van der Waals surface area (Å²) in [6.07, 6.45) is 0. The minimum absolute atomic E-state index is 0.0405. The molecule has 29 heavy (non-hydrogen) atoms. The molecule has 7 nitrogen and oxygen atoms in total. The highest BCUT2D eigenvalue weighted by molar-refractivity contribution is 5.97. The lowest BCUT2D eigenvalue weighted by Crippen LogP contribution is -2.50. The van der Waals surface area contributed by atoms with E-state index in [9.17, 15) is 14.7 Å². The molecular formula is C22H21N3O4. The molecule has 0 radical (unpaired) electrons. The summed E-state index contributed by atoms with van der Waals surface area (Å²) in [5.41, 5.74) is 2.91. The summed E-state index contributed by atoms with van der Waals surface area (Å²) in [4.78, 5) is 28.6. The van der Waals surface area contributed by atoms with Crippen LogP contribution in [-0.4, -0.2) is 58.1 Å². The molecule has 1 saturated heterocycles. The van der Waals surface area contributed by atoms with Crippen LogP contribution in [0.15, 0.2) is 59.1 Å². The molecule has 1 aliphatic rings. The Morgan fingerprint density at radius 2 is 1.55 bits per heavy atom. The standard InChI is InChI=1S/C22H21N3O4/c1-15-6-8-16(9-7-15)18-14-20(29-23-18)22(28)25-12-10-24(11-13-25)21(27)17-4-2-3-5-19(17)26/h2-9,14,26H,10-13H2,1H3. The zero-order valence-corrected chi connectivity index (χ0v) is 16.0. The molecule has 7 heteroatoms. The summed E-state index contributed by atoms with van der Waals surface area (Å²) >= 11 is 0. The second-order valence-corrected chi connectivity index (χ2v) is 7.04. The van der Waals surface area contributed by atoms with Gasteiger partial charge in [0.05, 0.1) is 5.56 Å². The Hall–Kier alpha value is -3.61. The number of nitrogens with zero attached hydrogens (tertiary/aromatic N) is 3. The Bertz CT molecular complexity index is 1030. The molecule has 0 unspecified atom stereocenters. The number of carbonyl (C=O) groups excluding carboxylic acids is 2. The van der Waals surface area contributed by atoms with E-state index in [1.165, 1.54) is 6.07 Å². The number of rotatable bonds is 3. The van der Waals surface area contributed by atoms with Gasteiger partial charge in [0.1, 0.15) is 11.4 Å². The van der Waals surface area contributed by atoms with E-state index < -0.39 is 0 Å². The second kappa shape index (κ2) is 7.79. The molecule has 0 spiro atoms. The number of hydrogen-bond donors (Lipinski definition) is 1. The van der Waals surface area contributed by atoms with E-state index in [0.29, 0.717) is 31.9 Å². The van der Waals surface area contributed by atoms with E-state index in [1.54, 1.807) is 34.1 Å². The molecule has 1 N–H and O–H groups in total. The van der Waals surface area contributed by atoms with Gasteiger partial charge in [-0.05, 0) is 19.1 Å². The van der Waals surface area contributed by atoms with Crippen molar-refractivity contribution in [3.63, 3.8) is 0 Å². The van der Waals surface area contributed by atoms with E-state index in [4.69, 9.17) is 4.52 Å². The van der Waals surface area contributed by atoms with Gasteiger partial charge in [0.25, 0.3) is 11.8 Å². The fourth-order valence-corrected chi connectivity index (χ4v) is 3.33. The van der Waals surface area contributed by atoms with E-state index in [0.717, 1.165) is 11.1 Å². The molecule has 2 heterocycles. The van der Waals surface area contributed by atoms with Gasteiger partial charge in [0, 0.05) is 37.8 Å². The molecule has 0 aliphatic carbocycles. The summed E-state index contributed by atoms with van der Waals surface area (Å²) in [6, 6.07) is 15.9. The van der Waals surface area contributed by atoms with Crippen LogP contribution in [0.1, 0.15) is 26.5 Å². The van der Waals surface area contributed by atoms with Crippen LogP contribution in [-0.2, 0) is 0 Å². The van der Waals surface area contributed by atoms with Gasteiger partial charge in [-0.25, -0.2) is 0 Å². The van der Waals surface area contributed by atoms with Crippen molar-refractivity contribution in [1.29, 1.82) is 0 Å². The molecule has 1 aromatic heterocycles. The minimum Gasteiger partial charge on any atom is -0.507 e. The van der Waals surface area contributed by atoms with E-state index >= 15 is 0 Å². The minimum atomic E-state index is -0.245. The van der Waals surface area contributed by atoms with E-state index in [1.807, 2.05) is 31.2 Å². The van der Waals surface area contributed by atoms with Gasteiger partial charge in [-0.2, -0.15) is 0 Å². The highest BCUT2D eigenvalue weighted by Gasteiger charge is 2.28. The van der Waals surface area contributed by atoms with E-state index in [2.05, 4.69) is 5.16 Å². The first-order chi connectivity index (χ1) is 14.0. The number of hydrogen-bond acceptors (Lipinski definition) is 5. The number of aryl methyl sites for hydroxylation is 1. The topological polar surface area (TPSA) is 86.9 Å². The molecule has 2 aromatic carbocycles. The maximum Gasteiger partial charge on any atom is 0.292 e. The zero-order valence-electron chi connectivity index (χ0n) is 16.0. The number of para-hydroxylation sites is 1. The number of amides is 2. The lowest BCUT2D eigenvalue weighted by atomic mass is 10.1. The maximum atomic E-state index is 12.7. The summed E-state index contributed by atoms with van der Waals surface area (Å²) in [6.45, 7) is 3.55. The van der Waals surface area contributed by atoms with Crippen molar-refractivity contribution in [1.82, 2.24) is 15.0 Å². The number of piperazine rings is 1. The summed E-state index contributed by atoms with van der Waals surface area (Å²) < 4.78 is 5.27. The number of aromatic hydroxyl groups is 1. The molecule has 0 bridgehead atoms. The largest absolute Gasteiger partial charge is 0.507 e. The molecular weight excluding hydrogens is 370 g/mol. The number of phenols is 1. The van der Waals surface area contributed by atoms with Gasteiger partial charge in [-0.3, -0.25) is 9.59 Å². The summed E-state index contributed by atoms with van der Waals surface area (Å²) in [5, 5.41) is 13.9. The molecule has 3 aromatic rings. The maximum absolute atomic E-state index is 12.7. The number of carbonyl (C=O) groups is 2. The van der Waals surface area contributed by atoms with Gasteiger partial charge >= 0.3 is 0 Å². The molecule has 1 fully saturated rings. The average molecular weight is 391 g/mol. The van der Waals surface area contributed by atoms with Crippen molar-refractivity contribution >= 4 is 11.8 Å².